The van der Waals surface area contributed by atoms with Crippen LogP contribution in [-0.2, 0) is 6.42 Å². The molecule has 0 amide bonds. The van der Waals surface area contributed by atoms with E-state index in [9.17, 15) is 0 Å². The zero-order valence-electron chi connectivity index (χ0n) is 11.5. The quantitative estimate of drug-likeness (QED) is 0.613. The van der Waals surface area contributed by atoms with Crippen LogP contribution in [0.5, 0.6) is 0 Å². The molecule has 0 heterocycles. The summed E-state index contributed by atoms with van der Waals surface area (Å²) in [4.78, 5) is 0. The smallest absolute Gasteiger partial charge is 0.0453 e. The molecule has 0 aliphatic heterocycles. The molecule has 0 aliphatic carbocycles. The van der Waals surface area contributed by atoms with Crippen LogP contribution in [-0.4, -0.2) is 6.54 Å². The van der Waals surface area contributed by atoms with E-state index in [0.717, 1.165) is 28.6 Å². The first-order valence-corrected chi connectivity index (χ1v) is 8.55. The van der Waals surface area contributed by atoms with Crippen molar-refractivity contribution in [3.05, 3.63) is 67.1 Å². The maximum absolute atomic E-state index is 6.28. The van der Waals surface area contributed by atoms with Gasteiger partial charge in [-0.1, -0.05) is 63.7 Å². The van der Waals surface area contributed by atoms with Gasteiger partial charge in [0.15, 0.2) is 0 Å². The van der Waals surface area contributed by atoms with Gasteiger partial charge in [-0.05, 0) is 54.4 Å². The summed E-state index contributed by atoms with van der Waals surface area (Å²) in [7, 11) is 0. The van der Waals surface area contributed by atoms with Crippen LogP contribution in [0.4, 0.5) is 0 Å². The summed E-state index contributed by atoms with van der Waals surface area (Å²) in [6.07, 6.45) is 0.774. The molecular formula is C16H15BrCl3N. The van der Waals surface area contributed by atoms with Crippen LogP contribution in [0.3, 0.4) is 0 Å². The predicted molar refractivity (Wildman–Crippen MR) is 95.7 cm³/mol. The topological polar surface area (TPSA) is 12.0 Å². The fourth-order valence-electron chi connectivity index (χ4n) is 2.24. The lowest BCUT2D eigenvalue weighted by Gasteiger charge is -2.20. The summed E-state index contributed by atoms with van der Waals surface area (Å²) in [6.45, 7) is 2.94. The van der Waals surface area contributed by atoms with Crippen molar-refractivity contribution in [2.24, 2.45) is 0 Å². The Balaban J connectivity index is 2.30. The van der Waals surface area contributed by atoms with Crippen molar-refractivity contribution < 1.29 is 0 Å². The molecule has 1 unspecified atom stereocenters. The van der Waals surface area contributed by atoms with Gasteiger partial charge >= 0.3 is 0 Å². The van der Waals surface area contributed by atoms with E-state index in [2.05, 4.69) is 34.2 Å². The molecule has 0 saturated carbocycles. The van der Waals surface area contributed by atoms with Gasteiger partial charge in [0.1, 0.15) is 0 Å². The molecule has 0 spiro atoms. The van der Waals surface area contributed by atoms with Gasteiger partial charge in [0, 0.05) is 25.6 Å². The molecule has 1 atom stereocenters. The molecule has 0 aliphatic rings. The van der Waals surface area contributed by atoms with Crippen molar-refractivity contribution in [3.63, 3.8) is 0 Å². The SMILES string of the molecule is CCNC(Cc1ccc(Cl)cc1Cl)c1cc(Cl)cc(Br)c1. The van der Waals surface area contributed by atoms with E-state index in [0.29, 0.717) is 15.1 Å². The molecular weight excluding hydrogens is 392 g/mol. The van der Waals surface area contributed by atoms with E-state index in [1.807, 2.05) is 24.3 Å². The van der Waals surface area contributed by atoms with E-state index >= 15 is 0 Å². The van der Waals surface area contributed by atoms with E-state index in [-0.39, 0.29) is 6.04 Å². The molecule has 0 radical (unpaired) electrons. The molecule has 2 rings (SSSR count). The molecule has 112 valence electrons. The number of benzene rings is 2. The highest BCUT2D eigenvalue weighted by molar-refractivity contribution is 9.10. The van der Waals surface area contributed by atoms with Crippen LogP contribution >= 0.6 is 50.7 Å². The van der Waals surface area contributed by atoms with Crippen LogP contribution in [0.15, 0.2) is 40.9 Å². The molecule has 1 nitrogen and oxygen atoms in total. The van der Waals surface area contributed by atoms with Gasteiger partial charge in [-0.3, -0.25) is 0 Å². The maximum Gasteiger partial charge on any atom is 0.0453 e. The summed E-state index contributed by atoms with van der Waals surface area (Å²) in [5.74, 6) is 0. The molecule has 0 saturated heterocycles. The van der Waals surface area contributed by atoms with Crippen LogP contribution < -0.4 is 5.32 Å². The first-order valence-electron chi connectivity index (χ1n) is 6.63. The second-order valence-corrected chi connectivity index (χ2v) is 6.95. The summed E-state index contributed by atoms with van der Waals surface area (Å²) < 4.78 is 0.968. The normalized spacial score (nSPS) is 12.4. The van der Waals surface area contributed by atoms with Crippen molar-refractivity contribution in [2.75, 3.05) is 6.54 Å². The first-order chi connectivity index (χ1) is 9.99. The van der Waals surface area contributed by atoms with Gasteiger partial charge in [-0.15, -0.1) is 0 Å². The fourth-order valence-corrected chi connectivity index (χ4v) is 3.61. The Morgan fingerprint density at radius 3 is 2.43 bits per heavy atom. The largest absolute Gasteiger partial charge is 0.310 e. The highest BCUT2D eigenvalue weighted by Gasteiger charge is 2.14. The molecule has 21 heavy (non-hydrogen) atoms. The Hall–Kier alpha value is -0.250. The molecule has 0 fully saturated rings. The Labute approximate surface area is 148 Å². The lowest BCUT2D eigenvalue weighted by Crippen LogP contribution is -2.23. The van der Waals surface area contributed by atoms with E-state index in [4.69, 9.17) is 34.8 Å². The minimum absolute atomic E-state index is 0.142. The van der Waals surface area contributed by atoms with Gasteiger partial charge in [0.2, 0.25) is 0 Å². The van der Waals surface area contributed by atoms with Crippen LogP contribution in [0.1, 0.15) is 24.1 Å². The summed E-state index contributed by atoms with van der Waals surface area (Å²) in [5, 5.41) is 5.52. The number of halogens is 4. The molecule has 2 aromatic carbocycles. The Morgan fingerprint density at radius 2 is 1.81 bits per heavy atom. The highest BCUT2D eigenvalue weighted by atomic mass is 79.9. The summed E-state index contributed by atoms with van der Waals surface area (Å²) >= 11 is 21.9. The average Bonchev–Trinajstić information content (AvgIpc) is 2.40. The van der Waals surface area contributed by atoms with Gasteiger partial charge in [-0.25, -0.2) is 0 Å². The zero-order chi connectivity index (χ0) is 15.4. The van der Waals surface area contributed by atoms with Gasteiger partial charge in [0.25, 0.3) is 0 Å². The standard InChI is InChI=1S/C16H15BrCl3N/c1-2-21-16(11-5-12(17)8-14(19)6-11)7-10-3-4-13(18)9-15(10)20/h3-6,8-9,16,21H,2,7H2,1H3. The van der Waals surface area contributed by atoms with Gasteiger partial charge < -0.3 is 5.32 Å². The molecule has 1 N–H and O–H groups in total. The van der Waals surface area contributed by atoms with Crippen molar-refractivity contribution in [2.45, 2.75) is 19.4 Å². The second-order valence-electron chi connectivity index (χ2n) is 4.75. The van der Waals surface area contributed by atoms with Gasteiger partial charge in [-0.2, -0.15) is 0 Å². The molecule has 0 bridgehead atoms. The molecule has 5 heteroatoms. The minimum Gasteiger partial charge on any atom is -0.310 e. The number of rotatable bonds is 5. The Bertz CT molecular complexity index is 611. The number of hydrogen-bond acceptors (Lipinski definition) is 1. The third kappa shape index (κ3) is 4.87. The number of nitrogens with one attached hydrogen (secondary N) is 1. The minimum atomic E-state index is 0.142. The first kappa shape index (κ1) is 17.1. The zero-order valence-corrected chi connectivity index (χ0v) is 15.3. The third-order valence-electron chi connectivity index (χ3n) is 3.18. The van der Waals surface area contributed by atoms with E-state index < -0.39 is 0 Å². The average molecular weight is 408 g/mol. The lowest BCUT2D eigenvalue weighted by atomic mass is 9.99. The third-order valence-corrected chi connectivity index (χ3v) is 4.44. The molecule has 0 aromatic heterocycles. The van der Waals surface area contributed by atoms with Crippen molar-refractivity contribution in [3.8, 4) is 0 Å². The Kier molecular flexibility index (Phi) is 6.39. The fraction of sp³-hybridized carbons (Fsp3) is 0.250. The van der Waals surface area contributed by atoms with Crippen LogP contribution in [0.25, 0.3) is 0 Å². The molecule has 2 aromatic rings. The van der Waals surface area contributed by atoms with E-state index in [1.165, 1.54) is 0 Å². The van der Waals surface area contributed by atoms with Crippen molar-refractivity contribution in [1.29, 1.82) is 0 Å². The van der Waals surface area contributed by atoms with Crippen molar-refractivity contribution in [1.82, 2.24) is 5.32 Å². The van der Waals surface area contributed by atoms with Crippen molar-refractivity contribution >= 4 is 50.7 Å². The number of hydrogen-bond donors (Lipinski definition) is 1. The number of likely N-dealkylation sites (N-methyl/N-ethyl adjacent to an activating group) is 1. The summed E-state index contributed by atoms with van der Waals surface area (Å²) in [6, 6.07) is 11.7. The maximum atomic E-state index is 6.28. The Morgan fingerprint density at radius 1 is 1.05 bits per heavy atom. The second kappa shape index (κ2) is 7.85. The predicted octanol–water partition coefficient (Wildman–Crippen LogP) is 6.30. The highest BCUT2D eigenvalue weighted by Crippen LogP contribution is 2.29. The lowest BCUT2D eigenvalue weighted by molar-refractivity contribution is 0.550. The monoisotopic (exact) mass is 405 g/mol. The van der Waals surface area contributed by atoms with Crippen LogP contribution in [0, 0.1) is 0 Å². The van der Waals surface area contributed by atoms with E-state index in [1.54, 1.807) is 6.07 Å². The van der Waals surface area contributed by atoms with Gasteiger partial charge in [0.05, 0.1) is 0 Å². The van der Waals surface area contributed by atoms with Crippen LogP contribution in [0.2, 0.25) is 15.1 Å². The summed E-state index contributed by atoms with van der Waals surface area (Å²) in [5.41, 5.74) is 2.19.